The van der Waals surface area contributed by atoms with E-state index < -0.39 is 16.3 Å². The summed E-state index contributed by atoms with van der Waals surface area (Å²) < 4.78 is 28.6. The van der Waals surface area contributed by atoms with Crippen molar-refractivity contribution in [1.29, 1.82) is 0 Å². The Kier molecular flexibility index (Phi) is 6.55. The number of rotatable bonds is 7. The van der Waals surface area contributed by atoms with E-state index >= 15 is 0 Å². The molecular formula is C12H26N2O3S. The molecule has 0 spiro atoms. The Morgan fingerprint density at radius 1 is 1.17 bits per heavy atom. The van der Waals surface area contributed by atoms with Gasteiger partial charge in [0.15, 0.2) is 0 Å². The van der Waals surface area contributed by atoms with Crippen LogP contribution in [0.5, 0.6) is 0 Å². The third-order valence-corrected chi connectivity index (χ3v) is 4.96. The lowest BCUT2D eigenvalue weighted by molar-refractivity contribution is 0.100. The van der Waals surface area contributed by atoms with Gasteiger partial charge in [-0.3, -0.25) is 0 Å². The van der Waals surface area contributed by atoms with Gasteiger partial charge in [-0.25, -0.2) is 0 Å². The first-order valence-electron chi connectivity index (χ1n) is 6.96. The third-order valence-electron chi connectivity index (χ3n) is 3.32. The molecule has 0 aromatic heterocycles. The maximum atomic E-state index is 12.2. The molecule has 0 aromatic rings. The normalized spacial score (nSPS) is 25.6. The third kappa shape index (κ3) is 4.50. The molecule has 18 heavy (non-hydrogen) atoms. The van der Waals surface area contributed by atoms with Crippen molar-refractivity contribution in [1.82, 2.24) is 9.03 Å². The molecule has 0 radical (unpaired) electrons. The number of aliphatic hydroxyl groups is 1. The van der Waals surface area contributed by atoms with E-state index in [4.69, 9.17) is 0 Å². The molecule has 0 saturated heterocycles. The van der Waals surface area contributed by atoms with Crippen LogP contribution in [0.2, 0.25) is 0 Å². The lowest BCUT2D eigenvalue weighted by Crippen LogP contribution is -2.51. The molecule has 108 valence electrons. The van der Waals surface area contributed by atoms with Crippen LogP contribution in [0.25, 0.3) is 0 Å². The van der Waals surface area contributed by atoms with Crippen LogP contribution in [0, 0.1) is 0 Å². The molecular weight excluding hydrogens is 252 g/mol. The topological polar surface area (TPSA) is 69.6 Å². The summed E-state index contributed by atoms with van der Waals surface area (Å²) in [5, 5.41) is 9.83. The van der Waals surface area contributed by atoms with Gasteiger partial charge in [0.25, 0.3) is 10.2 Å². The summed E-state index contributed by atoms with van der Waals surface area (Å²) in [6.45, 7) is 5.00. The zero-order chi connectivity index (χ0) is 13.6. The first-order chi connectivity index (χ1) is 8.51. The van der Waals surface area contributed by atoms with Gasteiger partial charge in [0, 0.05) is 19.1 Å². The standard InChI is InChI=1S/C12H26N2O3S/c1-3-9-14(10-4-2)18(16,17)13-11-7-5-6-8-12(11)15/h11-13,15H,3-10H2,1-2H3. The molecule has 1 aliphatic carbocycles. The lowest BCUT2D eigenvalue weighted by atomic mass is 9.93. The average Bonchev–Trinajstić information content (AvgIpc) is 2.32. The van der Waals surface area contributed by atoms with E-state index in [1.165, 1.54) is 4.31 Å². The fourth-order valence-corrected chi connectivity index (χ4v) is 4.02. The number of hydrogen-bond donors (Lipinski definition) is 2. The minimum Gasteiger partial charge on any atom is -0.391 e. The summed E-state index contributed by atoms with van der Waals surface area (Å²) in [7, 11) is -3.46. The van der Waals surface area contributed by atoms with Gasteiger partial charge in [-0.15, -0.1) is 0 Å². The molecule has 6 heteroatoms. The second-order valence-electron chi connectivity index (χ2n) is 4.98. The summed E-state index contributed by atoms with van der Waals surface area (Å²) in [4.78, 5) is 0. The van der Waals surface area contributed by atoms with Gasteiger partial charge in [-0.05, 0) is 25.7 Å². The Bertz CT molecular complexity index is 326. The Hall–Kier alpha value is -0.170. The molecule has 0 bridgehead atoms. The van der Waals surface area contributed by atoms with Crippen molar-refractivity contribution >= 4 is 10.2 Å². The Labute approximate surface area is 111 Å². The maximum Gasteiger partial charge on any atom is 0.279 e. The lowest BCUT2D eigenvalue weighted by Gasteiger charge is -2.31. The zero-order valence-electron chi connectivity index (χ0n) is 11.4. The fourth-order valence-electron chi connectivity index (χ4n) is 2.37. The largest absolute Gasteiger partial charge is 0.391 e. The van der Waals surface area contributed by atoms with Crippen molar-refractivity contribution in [3.63, 3.8) is 0 Å². The first-order valence-corrected chi connectivity index (χ1v) is 8.40. The van der Waals surface area contributed by atoms with E-state index in [0.717, 1.165) is 32.1 Å². The van der Waals surface area contributed by atoms with Gasteiger partial charge in [0.1, 0.15) is 0 Å². The quantitative estimate of drug-likeness (QED) is 0.736. The highest BCUT2D eigenvalue weighted by molar-refractivity contribution is 7.87. The summed E-state index contributed by atoms with van der Waals surface area (Å²) in [6, 6.07) is -0.319. The molecule has 1 aliphatic rings. The van der Waals surface area contributed by atoms with Gasteiger partial charge in [-0.1, -0.05) is 26.7 Å². The number of nitrogens with zero attached hydrogens (tertiary/aromatic N) is 1. The van der Waals surface area contributed by atoms with E-state index in [-0.39, 0.29) is 6.04 Å². The van der Waals surface area contributed by atoms with Crippen LogP contribution in [0.4, 0.5) is 0 Å². The molecule has 1 rings (SSSR count). The number of aliphatic hydroxyl groups excluding tert-OH is 1. The predicted octanol–water partition coefficient (Wildman–Crippen LogP) is 1.25. The van der Waals surface area contributed by atoms with E-state index in [1.54, 1.807) is 0 Å². The van der Waals surface area contributed by atoms with Gasteiger partial charge < -0.3 is 5.11 Å². The highest BCUT2D eigenvalue weighted by Gasteiger charge is 2.29. The van der Waals surface area contributed by atoms with Crippen LogP contribution < -0.4 is 4.72 Å². The summed E-state index contributed by atoms with van der Waals surface area (Å²) >= 11 is 0. The summed E-state index contributed by atoms with van der Waals surface area (Å²) in [6.07, 6.45) is 4.43. The molecule has 0 aromatic carbocycles. The van der Waals surface area contributed by atoms with Crippen LogP contribution >= 0.6 is 0 Å². The second kappa shape index (κ2) is 7.43. The van der Waals surface area contributed by atoms with E-state index in [9.17, 15) is 13.5 Å². The van der Waals surface area contributed by atoms with E-state index in [0.29, 0.717) is 19.5 Å². The molecule has 0 aliphatic heterocycles. The molecule has 0 heterocycles. The van der Waals surface area contributed by atoms with Crippen LogP contribution in [-0.2, 0) is 10.2 Å². The van der Waals surface area contributed by atoms with Crippen molar-refractivity contribution in [3.8, 4) is 0 Å². The first kappa shape index (κ1) is 15.9. The van der Waals surface area contributed by atoms with Crippen LogP contribution in [0.1, 0.15) is 52.4 Å². The Morgan fingerprint density at radius 2 is 1.72 bits per heavy atom. The van der Waals surface area contributed by atoms with Crippen LogP contribution in [-0.4, -0.2) is 43.1 Å². The fraction of sp³-hybridized carbons (Fsp3) is 1.00. The SMILES string of the molecule is CCCN(CCC)S(=O)(=O)NC1CCCCC1O. The molecule has 2 unspecified atom stereocenters. The molecule has 5 nitrogen and oxygen atoms in total. The van der Waals surface area contributed by atoms with E-state index in [1.807, 2.05) is 13.8 Å². The molecule has 0 amide bonds. The molecule has 2 atom stereocenters. The summed E-state index contributed by atoms with van der Waals surface area (Å²) in [5.41, 5.74) is 0. The van der Waals surface area contributed by atoms with Gasteiger partial charge in [0.2, 0.25) is 0 Å². The van der Waals surface area contributed by atoms with Crippen LogP contribution in [0.3, 0.4) is 0 Å². The minimum atomic E-state index is -3.46. The number of nitrogens with one attached hydrogen (secondary N) is 1. The van der Waals surface area contributed by atoms with E-state index in [2.05, 4.69) is 4.72 Å². The Morgan fingerprint density at radius 3 is 2.22 bits per heavy atom. The van der Waals surface area contributed by atoms with Crippen molar-refractivity contribution in [2.45, 2.75) is 64.5 Å². The van der Waals surface area contributed by atoms with Crippen molar-refractivity contribution in [3.05, 3.63) is 0 Å². The number of hydrogen-bond acceptors (Lipinski definition) is 3. The highest BCUT2D eigenvalue weighted by atomic mass is 32.2. The molecule has 1 saturated carbocycles. The van der Waals surface area contributed by atoms with Crippen molar-refractivity contribution in [2.24, 2.45) is 0 Å². The second-order valence-corrected chi connectivity index (χ2v) is 6.68. The average molecular weight is 278 g/mol. The molecule has 1 fully saturated rings. The predicted molar refractivity (Wildman–Crippen MR) is 72.5 cm³/mol. The summed E-state index contributed by atoms with van der Waals surface area (Å²) in [5.74, 6) is 0. The van der Waals surface area contributed by atoms with Gasteiger partial charge >= 0.3 is 0 Å². The zero-order valence-corrected chi connectivity index (χ0v) is 12.2. The van der Waals surface area contributed by atoms with Gasteiger partial charge in [-0.2, -0.15) is 17.4 Å². The molecule has 2 N–H and O–H groups in total. The Balaban J connectivity index is 2.65. The van der Waals surface area contributed by atoms with Crippen molar-refractivity contribution in [2.75, 3.05) is 13.1 Å². The monoisotopic (exact) mass is 278 g/mol. The smallest absolute Gasteiger partial charge is 0.279 e. The maximum absolute atomic E-state index is 12.2. The highest BCUT2D eigenvalue weighted by Crippen LogP contribution is 2.19. The van der Waals surface area contributed by atoms with Crippen molar-refractivity contribution < 1.29 is 13.5 Å². The minimum absolute atomic E-state index is 0.319. The van der Waals surface area contributed by atoms with Crippen LogP contribution in [0.15, 0.2) is 0 Å². The van der Waals surface area contributed by atoms with Gasteiger partial charge in [0.05, 0.1) is 6.10 Å².